The van der Waals surface area contributed by atoms with Gasteiger partial charge in [-0.25, -0.2) is 9.18 Å². The zero-order chi connectivity index (χ0) is 14.3. The standard InChI is InChI=1S/C14H15FN2O3/c15-10-2-1-9-5-6-16(12(9)7-10)14(20)17(8-13(18)19)11-3-4-11/h1-2,7,11H,3-6,8H2,(H,18,19). The van der Waals surface area contributed by atoms with Crippen LogP contribution in [0.4, 0.5) is 14.9 Å². The summed E-state index contributed by atoms with van der Waals surface area (Å²) in [5.74, 6) is -1.41. The highest BCUT2D eigenvalue weighted by Gasteiger charge is 2.38. The van der Waals surface area contributed by atoms with Crippen molar-refractivity contribution in [1.82, 2.24) is 4.90 Å². The first-order valence-electron chi connectivity index (χ1n) is 6.64. The van der Waals surface area contributed by atoms with Gasteiger partial charge < -0.3 is 10.0 Å². The van der Waals surface area contributed by atoms with Crippen LogP contribution in [0.15, 0.2) is 18.2 Å². The Balaban J connectivity index is 1.84. The molecule has 1 aromatic rings. The Hall–Kier alpha value is -2.11. The van der Waals surface area contributed by atoms with Crippen molar-refractivity contribution in [3.8, 4) is 0 Å². The number of fused-ring (bicyclic) bond motifs is 1. The molecule has 1 aliphatic heterocycles. The number of nitrogens with zero attached hydrogens (tertiary/aromatic N) is 2. The fourth-order valence-electron chi connectivity index (χ4n) is 2.59. The van der Waals surface area contributed by atoms with Crippen LogP contribution < -0.4 is 4.90 Å². The number of anilines is 1. The maximum absolute atomic E-state index is 13.3. The Morgan fingerprint density at radius 3 is 2.80 bits per heavy atom. The van der Waals surface area contributed by atoms with Crippen molar-refractivity contribution in [1.29, 1.82) is 0 Å². The van der Waals surface area contributed by atoms with Gasteiger partial charge in [-0.3, -0.25) is 9.69 Å². The number of benzene rings is 1. The summed E-state index contributed by atoms with van der Waals surface area (Å²) >= 11 is 0. The van der Waals surface area contributed by atoms with Crippen molar-refractivity contribution in [2.45, 2.75) is 25.3 Å². The minimum absolute atomic E-state index is 0.0104. The van der Waals surface area contributed by atoms with Crippen LogP contribution in [-0.4, -0.2) is 41.1 Å². The molecular weight excluding hydrogens is 263 g/mol. The van der Waals surface area contributed by atoms with Crippen molar-refractivity contribution >= 4 is 17.7 Å². The molecule has 0 unspecified atom stereocenters. The molecule has 1 aliphatic carbocycles. The zero-order valence-electron chi connectivity index (χ0n) is 10.9. The summed E-state index contributed by atoms with van der Waals surface area (Å²) < 4.78 is 13.3. The summed E-state index contributed by atoms with van der Waals surface area (Å²) in [7, 11) is 0. The topological polar surface area (TPSA) is 60.9 Å². The summed E-state index contributed by atoms with van der Waals surface area (Å²) in [4.78, 5) is 26.3. The van der Waals surface area contributed by atoms with E-state index in [2.05, 4.69) is 0 Å². The molecule has 20 heavy (non-hydrogen) atoms. The Morgan fingerprint density at radius 1 is 1.40 bits per heavy atom. The van der Waals surface area contributed by atoms with Gasteiger partial charge >= 0.3 is 12.0 Å². The second-order valence-electron chi connectivity index (χ2n) is 5.21. The average molecular weight is 278 g/mol. The third kappa shape index (κ3) is 2.33. The van der Waals surface area contributed by atoms with Crippen LogP contribution in [0, 0.1) is 5.82 Å². The largest absolute Gasteiger partial charge is 0.480 e. The van der Waals surface area contributed by atoms with Gasteiger partial charge in [0.2, 0.25) is 0 Å². The van der Waals surface area contributed by atoms with E-state index in [1.54, 1.807) is 6.07 Å². The second-order valence-corrected chi connectivity index (χ2v) is 5.21. The fourth-order valence-corrected chi connectivity index (χ4v) is 2.59. The number of rotatable bonds is 3. The first-order chi connectivity index (χ1) is 9.56. The van der Waals surface area contributed by atoms with E-state index in [-0.39, 0.29) is 24.4 Å². The minimum Gasteiger partial charge on any atom is -0.480 e. The first-order valence-corrected chi connectivity index (χ1v) is 6.64. The number of urea groups is 1. The fraction of sp³-hybridized carbons (Fsp3) is 0.429. The number of amides is 2. The van der Waals surface area contributed by atoms with Gasteiger partial charge in [0, 0.05) is 12.6 Å². The Kier molecular flexibility index (Phi) is 3.08. The summed E-state index contributed by atoms with van der Waals surface area (Å²) in [5, 5.41) is 8.92. The van der Waals surface area contributed by atoms with Crippen LogP contribution in [0.2, 0.25) is 0 Å². The van der Waals surface area contributed by atoms with E-state index in [0.717, 1.165) is 18.4 Å². The van der Waals surface area contributed by atoms with Gasteiger partial charge in [0.15, 0.2) is 0 Å². The lowest BCUT2D eigenvalue weighted by molar-refractivity contribution is -0.137. The third-order valence-corrected chi connectivity index (χ3v) is 3.71. The van der Waals surface area contributed by atoms with Crippen LogP contribution in [-0.2, 0) is 11.2 Å². The number of hydrogen-bond acceptors (Lipinski definition) is 2. The van der Waals surface area contributed by atoms with Crippen molar-refractivity contribution < 1.29 is 19.1 Å². The molecule has 0 atom stereocenters. The maximum Gasteiger partial charge on any atom is 0.325 e. The van der Waals surface area contributed by atoms with E-state index in [9.17, 15) is 14.0 Å². The van der Waals surface area contributed by atoms with Crippen LogP contribution in [0.3, 0.4) is 0 Å². The molecule has 1 saturated carbocycles. The Bertz CT molecular complexity index is 572. The maximum atomic E-state index is 13.3. The minimum atomic E-state index is -1.02. The molecule has 0 saturated heterocycles. The van der Waals surface area contributed by atoms with Crippen molar-refractivity contribution in [2.24, 2.45) is 0 Å². The molecule has 106 valence electrons. The number of carboxylic acid groups (broad SMARTS) is 1. The molecule has 3 rings (SSSR count). The number of carbonyl (C=O) groups excluding carboxylic acids is 1. The average Bonchev–Trinajstić information content (AvgIpc) is 3.15. The summed E-state index contributed by atoms with van der Waals surface area (Å²) in [6.45, 7) is 0.172. The number of aliphatic carboxylic acids is 1. The van der Waals surface area contributed by atoms with Gasteiger partial charge in [-0.2, -0.15) is 0 Å². The molecular formula is C14H15FN2O3. The van der Waals surface area contributed by atoms with Crippen LogP contribution in [0.1, 0.15) is 18.4 Å². The van der Waals surface area contributed by atoms with Crippen LogP contribution >= 0.6 is 0 Å². The number of carbonyl (C=O) groups is 2. The second kappa shape index (κ2) is 4.77. The number of carboxylic acids is 1. The predicted octanol–water partition coefficient (Wildman–Crippen LogP) is 1.86. The van der Waals surface area contributed by atoms with Gasteiger partial charge in [-0.1, -0.05) is 6.07 Å². The van der Waals surface area contributed by atoms with Gasteiger partial charge in [-0.05, 0) is 37.0 Å². The Labute approximate surface area is 115 Å². The van der Waals surface area contributed by atoms with E-state index in [1.807, 2.05) is 0 Å². The highest BCUT2D eigenvalue weighted by Crippen LogP contribution is 2.33. The smallest absolute Gasteiger partial charge is 0.325 e. The molecule has 1 heterocycles. The van der Waals surface area contributed by atoms with Crippen molar-refractivity contribution in [3.05, 3.63) is 29.6 Å². The van der Waals surface area contributed by atoms with Crippen LogP contribution in [0.5, 0.6) is 0 Å². The summed E-state index contributed by atoms with van der Waals surface area (Å²) in [5.41, 5.74) is 1.48. The van der Waals surface area contributed by atoms with E-state index in [1.165, 1.54) is 21.9 Å². The number of halogens is 1. The highest BCUT2D eigenvalue weighted by atomic mass is 19.1. The van der Waals surface area contributed by atoms with E-state index in [0.29, 0.717) is 18.7 Å². The van der Waals surface area contributed by atoms with E-state index < -0.39 is 5.97 Å². The molecule has 1 aromatic carbocycles. The van der Waals surface area contributed by atoms with Crippen molar-refractivity contribution in [3.63, 3.8) is 0 Å². The third-order valence-electron chi connectivity index (χ3n) is 3.71. The summed E-state index contributed by atoms with van der Waals surface area (Å²) in [6, 6.07) is 4.07. The monoisotopic (exact) mass is 278 g/mol. The van der Waals surface area contributed by atoms with E-state index in [4.69, 9.17) is 5.11 Å². The van der Waals surface area contributed by atoms with Gasteiger partial charge in [0.1, 0.15) is 12.4 Å². The van der Waals surface area contributed by atoms with Gasteiger partial charge in [0.05, 0.1) is 5.69 Å². The quantitative estimate of drug-likeness (QED) is 0.918. The molecule has 0 aromatic heterocycles. The highest BCUT2D eigenvalue weighted by molar-refractivity contribution is 5.96. The zero-order valence-corrected chi connectivity index (χ0v) is 10.9. The molecule has 0 bridgehead atoms. The molecule has 0 radical (unpaired) electrons. The predicted molar refractivity (Wildman–Crippen MR) is 70.2 cm³/mol. The SMILES string of the molecule is O=C(O)CN(C(=O)N1CCc2ccc(F)cc21)C1CC1. The van der Waals surface area contributed by atoms with Crippen molar-refractivity contribution in [2.75, 3.05) is 18.0 Å². The molecule has 6 heteroatoms. The molecule has 2 aliphatic rings. The molecule has 2 amide bonds. The first kappa shape index (κ1) is 12.9. The van der Waals surface area contributed by atoms with Crippen LogP contribution in [0.25, 0.3) is 0 Å². The number of hydrogen-bond donors (Lipinski definition) is 1. The Morgan fingerprint density at radius 2 is 2.15 bits per heavy atom. The lowest BCUT2D eigenvalue weighted by Crippen LogP contribution is -2.46. The molecule has 1 fully saturated rings. The van der Waals surface area contributed by atoms with E-state index >= 15 is 0 Å². The van der Waals surface area contributed by atoms with Gasteiger partial charge in [0.25, 0.3) is 0 Å². The molecule has 0 spiro atoms. The molecule has 1 N–H and O–H groups in total. The lowest BCUT2D eigenvalue weighted by Gasteiger charge is -2.27. The molecule has 5 nitrogen and oxygen atoms in total. The summed E-state index contributed by atoms with van der Waals surface area (Å²) in [6.07, 6.45) is 2.35. The lowest BCUT2D eigenvalue weighted by atomic mass is 10.2. The normalized spacial score (nSPS) is 16.9. The van der Waals surface area contributed by atoms with Gasteiger partial charge in [-0.15, -0.1) is 0 Å².